The highest BCUT2D eigenvalue weighted by atomic mass is 15.1. The van der Waals surface area contributed by atoms with Crippen molar-refractivity contribution < 1.29 is 0 Å². The summed E-state index contributed by atoms with van der Waals surface area (Å²) in [5.74, 6) is 0. The lowest BCUT2D eigenvalue weighted by atomic mass is 9.61. The summed E-state index contributed by atoms with van der Waals surface area (Å²) in [6, 6.07) is 0. The van der Waals surface area contributed by atoms with Crippen molar-refractivity contribution in [1.29, 1.82) is 0 Å². The van der Waals surface area contributed by atoms with Gasteiger partial charge in [-0.15, -0.1) is 0 Å². The molecule has 2 rings (SSSR count). The van der Waals surface area contributed by atoms with Gasteiger partial charge in [-0.05, 0) is 51.6 Å². The van der Waals surface area contributed by atoms with Crippen LogP contribution in [0.4, 0.5) is 0 Å². The molecule has 1 aliphatic carbocycles. The normalized spacial score (nSPS) is 36.7. The van der Waals surface area contributed by atoms with E-state index in [-0.39, 0.29) is 0 Å². The molecule has 0 aromatic carbocycles. The molecular weight excluding hydrogens is 146 g/mol. The van der Waals surface area contributed by atoms with Gasteiger partial charge in [-0.2, -0.15) is 0 Å². The average molecular weight is 165 g/mol. The molecule has 2 fully saturated rings. The van der Waals surface area contributed by atoms with E-state index in [1.165, 1.54) is 38.8 Å². The third-order valence-corrected chi connectivity index (χ3v) is 3.46. The number of rotatable bonds is 0. The zero-order chi connectivity index (χ0) is 8.60. The molecule has 0 unspecified atom stereocenters. The van der Waals surface area contributed by atoms with Gasteiger partial charge in [0.25, 0.3) is 0 Å². The van der Waals surface area contributed by atoms with Gasteiger partial charge >= 0.3 is 0 Å². The largest absolute Gasteiger partial charge is 0.306 e. The molecule has 1 saturated carbocycles. The zero-order valence-corrected chi connectivity index (χ0v) is 8.27. The Hall–Kier alpha value is -0.300. The van der Waals surface area contributed by atoms with Crippen LogP contribution in [-0.4, -0.2) is 25.0 Å². The van der Waals surface area contributed by atoms with Crippen molar-refractivity contribution in [1.82, 2.24) is 4.90 Å². The summed E-state index contributed by atoms with van der Waals surface area (Å²) >= 11 is 0. The summed E-state index contributed by atoms with van der Waals surface area (Å²) in [6.45, 7) is 4.83. The first-order valence-electron chi connectivity index (χ1n) is 5.07. The highest BCUT2D eigenvalue weighted by Crippen LogP contribution is 2.50. The van der Waals surface area contributed by atoms with E-state index in [1.54, 1.807) is 5.57 Å². The predicted octanol–water partition coefficient (Wildman–Crippen LogP) is 2.44. The van der Waals surface area contributed by atoms with Crippen molar-refractivity contribution in [2.24, 2.45) is 5.41 Å². The van der Waals surface area contributed by atoms with Crippen molar-refractivity contribution in [2.45, 2.75) is 32.6 Å². The van der Waals surface area contributed by atoms with Crippen LogP contribution >= 0.6 is 0 Å². The SMILES string of the molecule is CC=C1CC2(CCCN(C)C2)C1. The molecule has 2 aliphatic rings. The summed E-state index contributed by atoms with van der Waals surface area (Å²) in [7, 11) is 2.26. The molecule has 1 heteroatoms. The van der Waals surface area contributed by atoms with Crippen LogP contribution in [0.15, 0.2) is 11.6 Å². The molecule has 1 saturated heterocycles. The maximum absolute atomic E-state index is 2.50. The Morgan fingerprint density at radius 1 is 1.42 bits per heavy atom. The fraction of sp³-hybridized carbons (Fsp3) is 0.818. The summed E-state index contributed by atoms with van der Waals surface area (Å²) in [5, 5.41) is 0. The second-order valence-electron chi connectivity index (χ2n) is 4.64. The first kappa shape index (κ1) is 8.31. The molecule has 68 valence electrons. The maximum Gasteiger partial charge on any atom is 0.00411 e. The highest BCUT2D eigenvalue weighted by Gasteiger charge is 2.42. The number of likely N-dealkylation sites (tertiary alicyclic amines) is 1. The van der Waals surface area contributed by atoms with Gasteiger partial charge in [0.1, 0.15) is 0 Å². The lowest BCUT2D eigenvalue weighted by Crippen LogP contribution is -2.46. The van der Waals surface area contributed by atoms with Crippen molar-refractivity contribution in [3.63, 3.8) is 0 Å². The fourth-order valence-corrected chi connectivity index (χ4v) is 2.86. The van der Waals surface area contributed by atoms with Crippen molar-refractivity contribution in [3.8, 4) is 0 Å². The summed E-state index contributed by atoms with van der Waals surface area (Å²) < 4.78 is 0. The molecule has 1 spiro atoms. The van der Waals surface area contributed by atoms with Crippen LogP contribution in [0.3, 0.4) is 0 Å². The van der Waals surface area contributed by atoms with Crippen molar-refractivity contribution in [2.75, 3.05) is 20.1 Å². The van der Waals surface area contributed by atoms with Gasteiger partial charge in [0.2, 0.25) is 0 Å². The number of allylic oxidation sites excluding steroid dienone is 2. The van der Waals surface area contributed by atoms with E-state index in [4.69, 9.17) is 0 Å². The van der Waals surface area contributed by atoms with Gasteiger partial charge in [-0.3, -0.25) is 0 Å². The number of nitrogens with zero attached hydrogens (tertiary/aromatic N) is 1. The van der Waals surface area contributed by atoms with E-state index < -0.39 is 0 Å². The van der Waals surface area contributed by atoms with Gasteiger partial charge in [-0.25, -0.2) is 0 Å². The smallest absolute Gasteiger partial charge is 0.00411 e. The lowest BCUT2D eigenvalue weighted by Gasteiger charge is -2.49. The molecular formula is C11H19N. The highest BCUT2D eigenvalue weighted by molar-refractivity contribution is 5.19. The van der Waals surface area contributed by atoms with Gasteiger partial charge in [0.15, 0.2) is 0 Å². The van der Waals surface area contributed by atoms with E-state index in [1.807, 2.05) is 0 Å². The fourth-order valence-electron chi connectivity index (χ4n) is 2.86. The first-order chi connectivity index (χ1) is 5.74. The van der Waals surface area contributed by atoms with E-state index in [0.29, 0.717) is 5.41 Å². The Morgan fingerprint density at radius 2 is 2.17 bits per heavy atom. The van der Waals surface area contributed by atoms with Crippen LogP contribution in [0.5, 0.6) is 0 Å². The minimum Gasteiger partial charge on any atom is -0.306 e. The quantitative estimate of drug-likeness (QED) is 0.498. The van der Waals surface area contributed by atoms with Crippen LogP contribution in [0.1, 0.15) is 32.6 Å². The molecule has 0 atom stereocenters. The Kier molecular flexibility index (Phi) is 1.99. The van der Waals surface area contributed by atoms with E-state index in [9.17, 15) is 0 Å². The maximum atomic E-state index is 2.50. The summed E-state index contributed by atoms with van der Waals surface area (Å²) in [6.07, 6.45) is 7.95. The molecule has 1 nitrogen and oxygen atoms in total. The van der Waals surface area contributed by atoms with Crippen LogP contribution < -0.4 is 0 Å². The van der Waals surface area contributed by atoms with E-state index in [2.05, 4.69) is 24.9 Å². The Morgan fingerprint density at radius 3 is 2.75 bits per heavy atom. The van der Waals surface area contributed by atoms with Gasteiger partial charge in [0.05, 0.1) is 0 Å². The Bertz CT molecular complexity index is 197. The molecule has 1 heterocycles. The number of piperidine rings is 1. The van der Waals surface area contributed by atoms with Crippen molar-refractivity contribution >= 4 is 0 Å². The molecule has 0 N–H and O–H groups in total. The Balaban J connectivity index is 1.96. The van der Waals surface area contributed by atoms with Crippen molar-refractivity contribution in [3.05, 3.63) is 11.6 Å². The molecule has 12 heavy (non-hydrogen) atoms. The molecule has 0 aromatic rings. The molecule has 0 aromatic heterocycles. The number of hydrogen-bond donors (Lipinski definition) is 0. The standard InChI is InChI=1S/C11H19N/c1-3-10-7-11(8-10)5-4-6-12(2)9-11/h3H,4-9H2,1-2H3. The topological polar surface area (TPSA) is 3.24 Å². The molecule has 0 amide bonds. The Labute approximate surface area is 75.4 Å². The van der Waals surface area contributed by atoms with Crippen LogP contribution in [0.25, 0.3) is 0 Å². The molecule has 0 radical (unpaired) electrons. The van der Waals surface area contributed by atoms with E-state index >= 15 is 0 Å². The first-order valence-corrected chi connectivity index (χ1v) is 5.07. The third-order valence-electron chi connectivity index (χ3n) is 3.46. The monoisotopic (exact) mass is 165 g/mol. The predicted molar refractivity (Wildman–Crippen MR) is 52.2 cm³/mol. The van der Waals surface area contributed by atoms with Crippen LogP contribution in [0, 0.1) is 5.41 Å². The molecule has 1 aliphatic heterocycles. The van der Waals surface area contributed by atoms with Crippen LogP contribution in [0.2, 0.25) is 0 Å². The van der Waals surface area contributed by atoms with Gasteiger partial charge in [0, 0.05) is 6.54 Å². The van der Waals surface area contributed by atoms with Gasteiger partial charge < -0.3 is 4.90 Å². The second kappa shape index (κ2) is 2.88. The minimum atomic E-state index is 0.703. The van der Waals surface area contributed by atoms with Gasteiger partial charge in [-0.1, -0.05) is 11.6 Å². The average Bonchev–Trinajstić information content (AvgIpc) is 1.99. The second-order valence-corrected chi connectivity index (χ2v) is 4.64. The van der Waals surface area contributed by atoms with Crippen LogP contribution in [-0.2, 0) is 0 Å². The third kappa shape index (κ3) is 1.31. The lowest BCUT2D eigenvalue weighted by molar-refractivity contribution is 0.0707. The zero-order valence-electron chi connectivity index (χ0n) is 8.27. The minimum absolute atomic E-state index is 0.703. The number of hydrogen-bond acceptors (Lipinski definition) is 1. The summed E-state index contributed by atoms with van der Waals surface area (Å²) in [4.78, 5) is 2.50. The summed E-state index contributed by atoms with van der Waals surface area (Å²) in [5.41, 5.74) is 2.39. The van der Waals surface area contributed by atoms with E-state index in [0.717, 1.165) is 0 Å². The molecule has 0 bridgehead atoms.